The second-order valence-electron chi connectivity index (χ2n) is 6.49. The molecular weight excluding hydrogens is 264 g/mol. The third-order valence-electron chi connectivity index (χ3n) is 2.87. The summed E-state index contributed by atoms with van der Waals surface area (Å²) in [5, 5.41) is 0. The van der Waals surface area contributed by atoms with E-state index in [1.807, 2.05) is 0 Å². The van der Waals surface area contributed by atoms with Crippen molar-refractivity contribution in [2.45, 2.75) is 78.6 Å². The highest BCUT2D eigenvalue weighted by Crippen LogP contribution is 2.18. The Labute approximate surface area is 123 Å². The Hall–Kier alpha value is -0.126. The summed E-state index contributed by atoms with van der Waals surface area (Å²) in [7, 11) is -3.25. The summed E-state index contributed by atoms with van der Waals surface area (Å²) in [6.07, 6.45) is 12.2. The van der Waals surface area contributed by atoms with Crippen molar-refractivity contribution >= 4 is 16.6 Å². The van der Waals surface area contributed by atoms with Gasteiger partial charge in [-0.1, -0.05) is 63.1 Å². The highest BCUT2D eigenvalue weighted by molar-refractivity contribution is 6.90. The van der Waals surface area contributed by atoms with Gasteiger partial charge in [0.2, 0.25) is 8.32 Å². The maximum absolute atomic E-state index is 6.49. The fraction of sp³-hybridized carbons (Fsp3) is 0.750. The van der Waals surface area contributed by atoms with Crippen LogP contribution in [-0.2, 0) is 4.12 Å². The molecule has 0 aromatic rings. The summed E-state index contributed by atoms with van der Waals surface area (Å²) < 4.78 is 6.49. The van der Waals surface area contributed by atoms with Crippen LogP contribution in [0.4, 0.5) is 0 Å². The molecule has 0 radical (unpaired) electrons. The molecule has 112 valence electrons. The molecule has 0 rings (SSSR count). The van der Waals surface area contributed by atoms with E-state index in [9.17, 15) is 0 Å². The Kier molecular flexibility index (Phi) is 9.66. The molecule has 0 N–H and O–H groups in total. The zero-order valence-corrected chi connectivity index (χ0v) is 16.0. The average Bonchev–Trinajstić information content (AvgIpc) is 2.28. The van der Waals surface area contributed by atoms with Crippen LogP contribution in [0.2, 0.25) is 26.2 Å². The number of allylic oxidation sites excluding steroid dienone is 2. The van der Waals surface area contributed by atoms with E-state index in [1.54, 1.807) is 0 Å². The maximum Gasteiger partial charge on any atom is 0.226 e. The van der Waals surface area contributed by atoms with E-state index >= 15 is 0 Å². The van der Waals surface area contributed by atoms with Gasteiger partial charge in [0, 0.05) is 0 Å². The molecule has 0 unspecified atom stereocenters. The molecule has 3 heteroatoms. The topological polar surface area (TPSA) is 9.23 Å². The second-order valence-corrected chi connectivity index (χ2v) is 14.6. The first-order chi connectivity index (χ1) is 8.83. The second kappa shape index (κ2) is 9.73. The molecule has 0 aliphatic carbocycles. The third kappa shape index (κ3) is 11.4. The van der Waals surface area contributed by atoms with Gasteiger partial charge in [-0.2, -0.15) is 0 Å². The Morgan fingerprint density at radius 1 is 0.789 bits per heavy atom. The van der Waals surface area contributed by atoms with Gasteiger partial charge in [0.25, 0.3) is 0 Å². The molecule has 0 saturated carbocycles. The Morgan fingerprint density at radius 3 is 1.53 bits per heavy atom. The van der Waals surface area contributed by atoms with Crippen molar-refractivity contribution in [1.29, 1.82) is 0 Å². The fourth-order valence-corrected chi connectivity index (χ4v) is 9.26. The van der Waals surface area contributed by atoms with Gasteiger partial charge in [0.05, 0.1) is 0 Å². The fourth-order valence-electron chi connectivity index (χ4n) is 2.06. The van der Waals surface area contributed by atoms with E-state index in [-0.39, 0.29) is 0 Å². The summed E-state index contributed by atoms with van der Waals surface area (Å²) in [5.74, 6) is 0. The Bertz CT molecular complexity index is 259. The minimum atomic E-state index is -1.78. The molecule has 19 heavy (non-hydrogen) atoms. The first-order valence-electron chi connectivity index (χ1n) is 7.88. The normalized spacial score (nSPS) is 13.8. The van der Waals surface area contributed by atoms with E-state index in [4.69, 9.17) is 4.12 Å². The molecule has 0 aliphatic heterocycles. The van der Waals surface area contributed by atoms with E-state index in [1.165, 1.54) is 38.5 Å². The molecule has 0 aromatic carbocycles. The molecule has 1 nitrogen and oxygen atoms in total. The van der Waals surface area contributed by atoms with Crippen molar-refractivity contribution in [3.8, 4) is 0 Å². The van der Waals surface area contributed by atoms with Crippen molar-refractivity contribution < 1.29 is 4.12 Å². The molecule has 0 bridgehead atoms. The van der Waals surface area contributed by atoms with Gasteiger partial charge in [0.1, 0.15) is 0 Å². The van der Waals surface area contributed by atoms with Crippen LogP contribution < -0.4 is 0 Å². The minimum absolute atomic E-state index is 1.19. The van der Waals surface area contributed by atoms with E-state index in [0.717, 1.165) is 0 Å². The van der Waals surface area contributed by atoms with Crippen LogP contribution >= 0.6 is 0 Å². The van der Waals surface area contributed by atoms with Crippen LogP contribution in [0.25, 0.3) is 0 Å². The minimum Gasteiger partial charge on any atom is -0.450 e. The first kappa shape index (κ1) is 18.9. The quantitative estimate of drug-likeness (QED) is 0.356. The molecule has 0 saturated heterocycles. The van der Waals surface area contributed by atoms with Crippen molar-refractivity contribution in [3.05, 3.63) is 23.6 Å². The third-order valence-corrected chi connectivity index (χ3v) is 8.88. The van der Waals surface area contributed by atoms with Crippen LogP contribution in [-0.4, -0.2) is 16.6 Å². The van der Waals surface area contributed by atoms with Crippen molar-refractivity contribution in [3.63, 3.8) is 0 Å². The van der Waals surface area contributed by atoms with Crippen molar-refractivity contribution in [2.75, 3.05) is 0 Å². The molecule has 0 aliphatic rings. The van der Waals surface area contributed by atoms with Gasteiger partial charge in [-0.05, 0) is 39.0 Å². The molecule has 0 amide bonds. The smallest absolute Gasteiger partial charge is 0.226 e. The lowest BCUT2D eigenvalue weighted by molar-refractivity contribution is 0.570. The summed E-state index contributed by atoms with van der Waals surface area (Å²) in [6.45, 7) is 13.7. The maximum atomic E-state index is 6.49. The molecule has 0 spiro atoms. The molecular formula is C16H34OSi2. The van der Waals surface area contributed by atoms with Gasteiger partial charge in [-0.25, -0.2) is 0 Å². The molecule has 0 aromatic heterocycles. The van der Waals surface area contributed by atoms with Gasteiger partial charge < -0.3 is 4.12 Å². The lowest BCUT2D eigenvalue weighted by Crippen LogP contribution is -2.42. The first-order valence-corrected chi connectivity index (χ1v) is 13.9. The SMILES string of the molecule is CCCC/C=C/[Si](C)(/C=C/CCCC)O[Si](C)(C)C. The van der Waals surface area contributed by atoms with Crippen molar-refractivity contribution in [2.24, 2.45) is 0 Å². The highest BCUT2D eigenvalue weighted by atomic mass is 28.4. The van der Waals surface area contributed by atoms with Gasteiger partial charge in [0.15, 0.2) is 8.32 Å². The number of rotatable bonds is 10. The highest BCUT2D eigenvalue weighted by Gasteiger charge is 2.29. The number of unbranched alkanes of at least 4 members (excludes halogenated alkanes) is 4. The van der Waals surface area contributed by atoms with E-state index in [0.29, 0.717) is 0 Å². The van der Waals surface area contributed by atoms with E-state index < -0.39 is 16.6 Å². The zero-order valence-electron chi connectivity index (χ0n) is 14.0. The predicted molar refractivity (Wildman–Crippen MR) is 93.4 cm³/mol. The summed E-state index contributed by atoms with van der Waals surface area (Å²) in [5.41, 5.74) is 4.78. The van der Waals surface area contributed by atoms with Crippen LogP contribution in [0, 0.1) is 0 Å². The zero-order chi connectivity index (χ0) is 14.8. The summed E-state index contributed by atoms with van der Waals surface area (Å²) >= 11 is 0. The van der Waals surface area contributed by atoms with Gasteiger partial charge in [-0.3, -0.25) is 0 Å². The van der Waals surface area contributed by atoms with Gasteiger partial charge in [-0.15, -0.1) is 0 Å². The Balaban J connectivity index is 4.61. The Morgan fingerprint density at radius 2 is 1.21 bits per heavy atom. The lowest BCUT2D eigenvalue weighted by Gasteiger charge is -2.30. The van der Waals surface area contributed by atoms with E-state index in [2.05, 4.69) is 63.6 Å². The molecule has 0 atom stereocenters. The molecule has 0 fully saturated rings. The van der Waals surface area contributed by atoms with Crippen molar-refractivity contribution in [1.82, 2.24) is 0 Å². The monoisotopic (exact) mass is 298 g/mol. The van der Waals surface area contributed by atoms with Crippen LogP contribution in [0.1, 0.15) is 52.4 Å². The average molecular weight is 299 g/mol. The summed E-state index contributed by atoms with van der Waals surface area (Å²) in [6, 6.07) is 0. The van der Waals surface area contributed by atoms with Crippen LogP contribution in [0.3, 0.4) is 0 Å². The van der Waals surface area contributed by atoms with Gasteiger partial charge >= 0.3 is 0 Å². The standard InChI is InChI=1S/C16H34OSi2/c1-7-9-11-13-15-19(6,17-18(3,4)5)16-14-12-10-8-2/h13-16H,7-12H2,1-6H3/b15-13+,16-14+. The summed E-state index contributed by atoms with van der Waals surface area (Å²) in [4.78, 5) is 0. The van der Waals surface area contributed by atoms with Crippen LogP contribution in [0.15, 0.2) is 23.6 Å². The molecule has 0 heterocycles. The largest absolute Gasteiger partial charge is 0.450 e. The number of hydrogen-bond acceptors (Lipinski definition) is 1. The lowest BCUT2D eigenvalue weighted by atomic mass is 10.2. The number of hydrogen-bond donors (Lipinski definition) is 0. The van der Waals surface area contributed by atoms with Crippen LogP contribution in [0.5, 0.6) is 0 Å². The predicted octanol–water partition coefficient (Wildman–Crippen LogP) is 5.98.